The van der Waals surface area contributed by atoms with Crippen molar-refractivity contribution >= 4 is 28.3 Å². The Bertz CT molecular complexity index is 689. The first-order chi connectivity index (χ1) is 8.79. The lowest BCUT2D eigenvalue weighted by Crippen LogP contribution is -1.95. The third kappa shape index (κ3) is 1.69. The Labute approximate surface area is 108 Å². The number of benzene rings is 1. The number of anilines is 1. The van der Waals surface area contributed by atoms with E-state index in [1.54, 1.807) is 13.2 Å². The highest BCUT2D eigenvalue weighted by atomic mass is 35.5. The first-order valence-electron chi connectivity index (χ1n) is 5.43. The van der Waals surface area contributed by atoms with Crippen molar-refractivity contribution in [3.63, 3.8) is 0 Å². The second kappa shape index (κ2) is 4.27. The van der Waals surface area contributed by atoms with Crippen LogP contribution in [0.4, 0.5) is 5.82 Å². The Morgan fingerprint density at radius 3 is 2.78 bits per heavy atom. The number of nitrogens with zero attached hydrogens (tertiary/aromatic N) is 3. The van der Waals surface area contributed by atoms with Gasteiger partial charge < -0.3 is 5.32 Å². The van der Waals surface area contributed by atoms with Crippen LogP contribution in [0.15, 0.2) is 30.5 Å². The second-order valence-corrected chi connectivity index (χ2v) is 4.21. The zero-order valence-corrected chi connectivity index (χ0v) is 10.4. The largest absolute Gasteiger partial charge is 0.372 e. The monoisotopic (exact) mass is 259 g/mol. The molecule has 0 aliphatic carbocycles. The Morgan fingerprint density at radius 2 is 2.06 bits per heavy atom. The van der Waals surface area contributed by atoms with Crippen LogP contribution >= 0.6 is 11.6 Å². The van der Waals surface area contributed by atoms with Gasteiger partial charge in [-0.15, -0.1) is 10.2 Å². The van der Waals surface area contributed by atoms with E-state index in [0.29, 0.717) is 5.02 Å². The summed E-state index contributed by atoms with van der Waals surface area (Å²) in [5, 5.41) is 19.7. The number of aromatic nitrogens is 4. The number of nitrogens with one attached hydrogen (secondary N) is 2. The quantitative estimate of drug-likeness (QED) is 0.743. The summed E-state index contributed by atoms with van der Waals surface area (Å²) in [7, 11) is 1.80. The molecule has 0 fully saturated rings. The predicted octanol–water partition coefficient (Wildman–Crippen LogP) is 2.71. The molecule has 0 radical (unpaired) electrons. The molecule has 0 atom stereocenters. The number of rotatable bonds is 2. The summed E-state index contributed by atoms with van der Waals surface area (Å²) in [6.45, 7) is 0. The molecule has 2 N–H and O–H groups in total. The summed E-state index contributed by atoms with van der Waals surface area (Å²) in [6.07, 6.45) is 1.70. The van der Waals surface area contributed by atoms with Crippen molar-refractivity contribution in [2.45, 2.75) is 0 Å². The van der Waals surface area contributed by atoms with Crippen molar-refractivity contribution in [2.75, 3.05) is 12.4 Å². The maximum Gasteiger partial charge on any atom is 0.148 e. The lowest BCUT2D eigenvalue weighted by molar-refractivity contribution is 1.04. The van der Waals surface area contributed by atoms with E-state index in [-0.39, 0.29) is 0 Å². The smallest absolute Gasteiger partial charge is 0.148 e. The predicted molar refractivity (Wildman–Crippen MR) is 71.7 cm³/mol. The molecule has 0 saturated heterocycles. The topological polar surface area (TPSA) is 66.5 Å². The van der Waals surface area contributed by atoms with Crippen molar-refractivity contribution in [2.24, 2.45) is 0 Å². The van der Waals surface area contributed by atoms with E-state index in [2.05, 4.69) is 25.7 Å². The van der Waals surface area contributed by atoms with Crippen LogP contribution < -0.4 is 5.32 Å². The van der Waals surface area contributed by atoms with Gasteiger partial charge in [0.05, 0.1) is 22.4 Å². The van der Waals surface area contributed by atoms with E-state index >= 15 is 0 Å². The van der Waals surface area contributed by atoms with Gasteiger partial charge in [-0.05, 0) is 24.3 Å². The standard InChI is InChI=1S/C12H10ClN5/c1-14-11-5-4-10(16-17-11)7-2-3-9(13)8-6-15-18-12(7)8/h2-6H,1H3,(H,14,17)(H,15,18). The lowest BCUT2D eigenvalue weighted by Gasteiger charge is -2.04. The van der Waals surface area contributed by atoms with E-state index in [9.17, 15) is 0 Å². The van der Waals surface area contributed by atoms with Crippen LogP contribution in [0.3, 0.4) is 0 Å². The van der Waals surface area contributed by atoms with Crippen LogP contribution in [0.25, 0.3) is 22.2 Å². The summed E-state index contributed by atoms with van der Waals surface area (Å²) >= 11 is 6.10. The molecule has 0 spiro atoms. The molecule has 0 saturated carbocycles. The van der Waals surface area contributed by atoms with E-state index in [4.69, 9.17) is 11.6 Å². The van der Waals surface area contributed by atoms with Gasteiger partial charge in [-0.2, -0.15) is 5.10 Å². The fourth-order valence-corrected chi connectivity index (χ4v) is 2.03. The highest BCUT2D eigenvalue weighted by Gasteiger charge is 2.09. The Balaban J connectivity index is 2.18. The van der Waals surface area contributed by atoms with E-state index in [0.717, 1.165) is 28.0 Å². The highest BCUT2D eigenvalue weighted by Crippen LogP contribution is 2.30. The molecule has 3 aromatic rings. The molecule has 2 heterocycles. The van der Waals surface area contributed by atoms with Gasteiger partial charge >= 0.3 is 0 Å². The summed E-state index contributed by atoms with van der Waals surface area (Å²) in [6, 6.07) is 7.52. The molecule has 0 aliphatic heterocycles. The molecule has 90 valence electrons. The molecule has 0 amide bonds. The van der Waals surface area contributed by atoms with Crippen molar-refractivity contribution in [1.82, 2.24) is 20.4 Å². The van der Waals surface area contributed by atoms with E-state index in [1.807, 2.05) is 24.3 Å². The van der Waals surface area contributed by atoms with Crippen molar-refractivity contribution in [3.05, 3.63) is 35.5 Å². The van der Waals surface area contributed by atoms with E-state index in [1.165, 1.54) is 0 Å². The van der Waals surface area contributed by atoms with Gasteiger partial charge in [0.2, 0.25) is 0 Å². The van der Waals surface area contributed by atoms with Crippen molar-refractivity contribution in [1.29, 1.82) is 0 Å². The minimum atomic E-state index is 0.669. The normalized spacial score (nSPS) is 10.8. The molecular weight excluding hydrogens is 250 g/mol. The Kier molecular flexibility index (Phi) is 2.60. The summed E-state index contributed by atoms with van der Waals surface area (Å²) < 4.78 is 0. The third-order valence-corrected chi connectivity index (χ3v) is 3.09. The van der Waals surface area contributed by atoms with Crippen molar-refractivity contribution < 1.29 is 0 Å². The highest BCUT2D eigenvalue weighted by molar-refractivity contribution is 6.35. The van der Waals surface area contributed by atoms with Gasteiger partial charge in [0.15, 0.2) is 0 Å². The molecule has 0 aliphatic rings. The number of hydrogen-bond acceptors (Lipinski definition) is 4. The molecule has 5 nitrogen and oxygen atoms in total. The SMILES string of the molecule is CNc1ccc(-c2ccc(Cl)c3cn[nH]c23)nn1. The van der Waals surface area contributed by atoms with Crippen molar-refractivity contribution in [3.8, 4) is 11.3 Å². The lowest BCUT2D eigenvalue weighted by atomic mass is 10.1. The second-order valence-electron chi connectivity index (χ2n) is 3.81. The molecule has 18 heavy (non-hydrogen) atoms. The molecule has 0 unspecified atom stereocenters. The minimum Gasteiger partial charge on any atom is -0.372 e. The number of H-pyrrole nitrogens is 1. The number of halogens is 1. The van der Waals surface area contributed by atoms with Gasteiger partial charge in [0.1, 0.15) is 5.82 Å². The summed E-state index contributed by atoms with van der Waals surface area (Å²) in [4.78, 5) is 0. The molecule has 6 heteroatoms. The zero-order chi connectivity index (χ0) is 12.5. The Morgan fingerprint density at radius 1 is 1.17 bits per heavy atom. The van der Waals surface area contributed by atoms with Crippen LogP contribution in [0.5, 0.6) is 0 Å². The first-order valence-corrected chi connectivity index (χ1v) is 5.81. The van der Waals surface area contributed by atoms with Crippen LogP contribution in [0.1, 0.15) is 0 Å². The van der Waals surface area contributed by atoms with Gasteiger partial charge in [-0.1, -0.05) is 11.6 Å². The summed E-state index contributed by atoms with van der Waals surface area (Å²) in [5.41, 5.74) is 2.58. The third-order valence-electron chi connectivity index (χ3n) is 2.76. The fraction of sp³-hybridized carbons (Fsp3) is 0.0833. The van der Waals surface area contributed by atoms with Gasteiger partial charge in [-0.3, -0.25) is 5.10 Å². The molecule has 3 rings (SSSR count). The van der Waals surface area contributed by atoms with Crippen LogP contribution in [0.2, 0.25) is 5.02 Å². The van der Waals surface area contributed by atoms with Gasteiger partial charge in [0, 0.05) is 18.0 Å². The maximum atomic E-state index is 6.10. The Hall–Kier alpha value is -2.14. The fourth-order valence-electron chi connectivity index (χ4n) is 1.82. The van der Waals surface area contributed by atoms with Gasteiger partial charge in [-0.25, -0.2) is 0 Å². The number of fused-ring (bicyclic) bond motifs is 1. The average Bonchev–Trinajstić information content (AvgIpc) is 2.90. The number of hydrogen-bond donors (Lipinski definition) is 2. The van der Waals surface area contributed by atoms with Crippen LogP contribution in [-0.2, 0) is 0 Å². The number of aromatic amines is 1. The van der Waals surface area contributed by atoms with Crippen LogP contribution in [-0.4, -0.2) is 27.4 Å². The molecule has 2 aromatic heterocycles. The van der Waals surface area contributed by atoms with E-state index < -0.39 is 0 Å². The first kappa shape index (κ1) is 11.0. The maximum absolute atomic E-state index is 6.10. The molecular formula is C12H10ClN5. The zero-order valence-electron chi connectivity index (χ0n) is 9.61. The average molecular weight is 260 g/mol. The van der Waals surface area contributed by atoms with Crippen LogP contribution in [0, 0.1) is 0 Å². The minimum absolute atomic E-state index is 0.669. The molecule has 0 bridgehead atoms. The van der Waals surface area contributed by atoms with Gasteiger partial charge in [0.25, 0.3) is 0 Å². The molecule has 1 aromatic carbocycles. The summed E-state index contributed by atoms with van der Waals surface area (Å²) in [5.74, 6) is 0.730.